The topological polar surface area (TPSA) is 69.6 Å². The molecule has 25 heavy (non-hydrogen) atoms. The number of aromatic hydroxyl groups is 1. The van der Waals surface area contributed by atoms with Crippen molar-refractivity contribution in [2.24, 2.45) is 0 Å². The molecule has 1 atom stereocenters. The Morgan fingerprint density at radius 3 is 2.40 bits per heavy atom. The van der Waals surface area contributed by atoms with Crippen LogP contribution in [0.3, 0.4) is 0 Å². The minimum absolute atomic E-state index is 0.149. The predicted molar refractivity (Wildman–Crippen MR) is 98.5 cm³/mol. The maximum atomic E-state index is 12.8. The monoisotopic (exact) mass is 354 g/mol. The van der Waals surface area contributed by atoms with Crippen molar-refractivity contribution in [1.82, 2.24) is 4.72 Å². The van der Waals surface area contributed by atoms with E-state index in [1.807, 2.05) is 37.2 Å². The summed E-state index contributed by atoms with van der Waals surface area (Å²) in [4.78, 5) is 2.28. The lowest BCUT2D eigenvalue weighted by Crippen LogP contribution is -2.33. The Labute approximate surface area is 146 Å². The SMILES string of the molecule is CN(C)c1ccc2c3c(cccc13)S(=O)(=O)NC2c1ccc(O)cc1. The van der Waals surface area contributed by atoms with Crippen LogP contribution in [0.5, 0.6) is 5.75 Å². The molecule has 5 nitrogen and oxygen atoms in total. The van der Waals surface area contributed by atoms with Crippen LogP contribution in [-0.4, -0.2) is 27.6 Å². The Morgan fingerprint density at radius 2 is 1.72 bits per heavy atom. The maximum absolute atomic E-state index is 12.8. The molecule has 1 aliphatic rings. The molecule has 1 unspecified atom stereocenters. The Kier molecular flexibility index (Phi) is 3.49. The van der Waals surface area contributed by atoms with Crippen molar-refractivity contribution in [3.63, 3.8) is 0 Å². The van der Waals surface area contributed by atoms with E-state index in [-0.39, 0.29) is 5.75 Å². The van der Waals surface area contributed by atoms with Gasteiger partial charge in [0.2, 0.25) is 10.0 Å². The number of sulfonamides is 1. The predicted octanol–water partition coefficient (Wildman–Crippen LogP) is 2.99. The second-order valence-electron chi connectivity index (χ2n) is 6.39. The smallest absolute Gasteiger partial charge is 0.242 e. The van der Waals surface area contributed by atoms with Gasteiger partial charge in [-0.05, 0) is 35.4 Å². The fraction of sp³-hybridized carbons (Fsp3) is 0.158. The molecule has 0 radical (unpaired) electrons. The molecule has 3 aromatic carbocycles. The van der Waals surface area contributed by atoms with Crippen molar-refractivity contribution in [2.75, 3.05) is 19.0 Å². The zero-order valence-electron chi connectivity index (χ0n) is 13.9. The summed E-state index contributed by atoms with van der Waals surface area (Å²) in [5.74, 6) is 0.149. The first kappa shape index (κ1) is 15.9. The second-order valence-corrected chi connectivity index (χ2v) is 8.08. The van der Waals surface area contributed by atoms with E-state index in [2.05, 4.69) is 4.72 Å². The van der Waals surface area contributed by atoms with Gasteiger partial charge in [-0.1, -0.05) is 30.3 Å². The fourth-order valence-corrected chi connectivity index (χ4v) is 4.89. The summed E-state index contributed by atoms with van der Waals surface area (Å²) in [6.45, 7) is 0. The molecule has 4 rings (SSSR count). The fourth-order valence-electron chi connectivity index (χ4n) is 3.44. The lowest BCUT2D eigenvalue weighted by atomic mass is 9.93. The summed E-state index contributed by atoms with van der Waals surface area (Å²) >= 11 is 0. The van der Waals surface area contributed by atoms with Gasteiger partial charge in [-0.2, -0.15) is 4.72 Å². The van der Waals surface area contributed by atoms with Crippen LogP contribution in [0.25, 0.3) is 10.8 Å². The Hall–Kier alpha value is -2.57. The number of anilines is 1. The van der Waals surface area contributed by atoms with Crippen molar-refractivity contribution in [2.45, 2.75) is 10.9 Å². The van der Waals surface area contributed by atoms with E-state index in [0.717, 1.165) is 27.6 Å². The van der Waals surface area contributed by atoms with Crippen LogP contribution >= 0.6 is 0 Å². The van der Waals surface area contributed by atoms with E-state index >= 15 is 0 Å². The molecule has 0 bridgehead atoms. The Morgan fingerprint density at radius 1 is 1.00 bits per heavy atom. The van der Waals surface area contributed by atoms with Crippen molar-refractivity contribution in [1.29, 1.82) is 0 Å². The highest BCUT2D eigenvalue weighted by Crippen LogP contribution is 2.41. The van der Waals surface area contributed by atoms with Gasteiger partial charge >= 0.3 is 0 Å². The standard InChI is InChI=1S/C19H18N2O3S/c1-21(2)16-11-10-15-18-14(16)4-3-5-17(18)25(23,24)20-19(15)12-6-8-13(22)9-7-12/h3-11,19-20,22H,1-2H3. The summed E-state index contributed by atoms with van der Waals surface area (Å²) in [5, 5.41) is 11.2. The zero-order chi connectivity index (χ0) is 17.8. The van der Waals surface area contributed by atoms with Gasteiger partial charge in [0.05, 0.1) is 10.9 Å². The Balaban J connectivity index is 2.06. The van der Waals surface area contributed by atoms with Crippen LogP contribution < -0.4 is 9.62 Å². The van der Waals surface area contributed by atoms with Crippen LogP contribution in [0.1, 0.15) is 17.2 Å². The zero-order valence-corrected chi connectivity index (χ0v) is 14.7. The normalized spacial score (nSPS) is 18.2. The molecular formula is C19H18N2O3S. The van der Waals surface area contributed by atoms with Gasteiger partial charge in [-0.25, -0.2) is 8.42 Å². The minimum Gasteiger partial charge on any atom is -0.508 e. The minimum atomic E-state index is -3.63. The van der Waals surface area contributed by atoms with Crippen LogP contribution in [0.2, 0.25) is 0 Å². The van der Waals surface area contributed by atoms with E-state index in [1.54, 1.807) is 36.4 Å². The molecule has 3 aromatic rings. The molecule has 0 saturated heterocycles. The second kappa shape index (κ2) is 5.47. The summed E-state index contributed by atoms with van der Waals surface area (Å²) < 4.78 is 28.4. The number of nitrogens with zero attached hydrogens (tertiary/aromatic N) is 1. The molecule has 6 heteroatoms. The third-order valence-electron chi connectivity index (χ3n) is 4.59. The van der Waals surface area contributed by atoms with Gasteiger partial charge in [-0.15, -0.1) is 0 Å². The largest absolute Gasteiger partial charge is 0.508 e. The van der Waals surface area contributed by atoms with Crippen LogP contribution in [-0.2, 0) is 10.0 Å². The highest BCUT2D eigenvalue weighted by Gasteiger charge is 2.32. The number of nitrogens with one attached hydrogen (secondary N) is 1. The van der Waals surface area contributed by atoms with Crippen molar-refractivity contribution in [3.8, 4) is 5.75 Å². The third kappa shape index (κ3) is 2.45. The van der Waals surface area contributed by atoms with Crippen molar-refractivity contribution >= 4 is 26.5 Å². The van der Waals surface area contributed by atoms with E-state index in [9.17, 15) is 13.5 Å². The lowest BCUT2D eigenvalue weighted by molar-refractivity contribution is 0.475. The molecule has 0 amide bonds. The Bertz CT molecular complexity index is 1070. The van der Waals surface area contributed by atoms with Crippen molar-refractivity contribution in [3.05, 3.63) is 65.7 Å². The van der Waals surface area contributed by atoms with Gasteiger partial charge in [0.25, 0.3) is 0 Å². The lowest BCUT2D eigenvalue weighted by Gasteiger charge is -2.29. The van der Waals surface area contributed by atoms with Crippen LogP contribution in [0.15, 0.2) is 59.5 Å². The molecule has 0 aromatic heterocycles. The molecule has 0 fully saturated rings. The van der Waals surface area contributed by atoms with Crippen LogP contribution in [0, 0.1) is 0 Å². The molecule has 128 valence electrons. The summed E-state index contributed by atoms with van der Waals surface area (Å²) in [5.41, 5.74) is 2.67. The maximum Gasteiger partial charge on any atom is 0.242 e. The van der Waals surface area contributed by atoms with E-state index in [0.29, 0.717) is 4.90 Å². The van der Waals surface area contributed by atoms with E-state index in [1.165, 1.54) is 0 Å². The van der Waals surface area contributed by atoms with Gasteiger partial charge in [0, 0.05) is 30.6 Å². The molecule has 2 N–H and O–H groups in total. The number of phenolic OH excluding ortho intramolecular Hbond substituents is 1. The average Bonchev–Trinajstić information content (AvgIpc) is 2.58. The molecule has 0 spiro atoms. The summed E-state index contributed by atoms with van der Waals surface area (Å²) in [7, 11) is 0.254. The number of rotatable bonds is 2. The third-order valence-corrected chi connectivity index (χ3v) is 6.06. The molecule has 1 aliphatic heterocycles. The molecular weight excluding hydrogens is 336 g/mol. The highest BCUT2D eigenvalue weighted by atomic mass is 32.2. The van der Waals surface area contributed by atoms with E-state index in [4.69, 9.17) is 0 Å². The van der Waals surface area contributed by atoms with Gasteiger partial charge < -0.3 is 10.0 Å². The van der Waals surface area contributed by atoms with Crippen molar-refractivity contribution < 1.29 is 13.5 Å². The number of benzene rings is 3. The number of phenols is 1. The van der Waals surface area contributed by atoms with Gasteiger partial charge in [-0.3, -0.25) is 0 Å². The highest BCUT2D eigenvalue weighted by molar-refractivity contribution is 7.89. The van der Waals surface area contributed by atoms with E-state index < -0.39 is 16.1 Å². The summed E-state index contributed by atoms with van der Waals surface area (Å²) in [6, 6.07) is 15.5. The van der Waals surface area contributed by atoms with Crippen LogP contribution in [0.4, 0.5) is 5.69 Å². The molecule has 0 saturated carbocycles. The number of hydrogen-bond donors (Lipinski definition) is 2. The molecule has 0 aliphatic carbocycles. The average molecular weight is 354 g/mol. The number of hydrogen-bond acceptors (Lipinski definition) is 4. The first-order chi connectivity index (χ1) is 11.9. The van der Waals surface area contributed by atoms with Gasteiger partial charge in [0.1, 0.15) is 5.75 Å². The molecule has 1 heterocycles. The first-order valence-corrected chi connectivity index (χ1v) is 9.41. The first-order valence-electron chi connectivity index (χ1n) is 7.93. The quantitative estimate of drug-likeness (QED) is 0.742. The van der Waals surface area contributed by atoms with Gasteiger partial charge in [0.15, 0.2) is 0 Å². The summed E-state index contributed by atoms with van der Waals surface area (Å²) in [6.07, 6.45) is 0.